The van der Waals surface area contributed by atoms with E-state index >= 15 is 0 Å². The van der Waals surface area contributed by atoms with Crippen molar-refractivity contribution in [2.24, 2.45) is 12.8 Å². The van der Waals surface area contributed by atoms with Crippen molar-refractivity contribution >= 4 is 17.9 Å². The third-order valence-corrected chi connectivity index (χ3v) is 2.87. The van der Waals surface area contributed by atoms with Gasteiger partial charge in [0.15, 0.2) is 0 Å². The molecule has 1 aromatic rings. The van der Waals surface area contributed by atoms with E-state index < -0.39 is 23.9 Å². The van der Waals surface area contributed by atoms with E-state index in [1.54, 1.807) is 17.9 Å². The van der Waals surface area contributed by atoms with Crippen molar-refractivity contribution in [1.29, 1.82) is 0 Å². The predicted molar refractivity (Wildman–Crippen MR) is 73.3 cm³/mol. The molecule has 0 fully saturated rings. The number of hydrogen-bond donors (Lipinski definition) is 4. The fraction of sp³-hybridized carbons (Fsp3) is 0.500. The normalized spacial score (nSPS) is 11.7. The molecule has 21 heavy (non-hydrogen) atoms. The van der Waals surface area contributed by atoms with Crippen molar-refractivity contribution in [2.45, 2.75) is 25.3 Å². The van der Waals surface area contributed by atoms with E-state index in [0.29, 0.717) is 13.0 Å². The van der Waals surface area contributed by atoms with Gasteiger partial charge in [-0.1, -0.05) is 0 Å². The number of nitrogens with zero attached hydrogens (tertiary/aromatic N) is 2. The van der Waals surface area contributed by atoms with E-state index in [4.69, 9.17) is 10.8 Å². The topological polar surface area (TPSA) is 139 Å². The minimum Gasteiger partial charge on any atom is -0.480 e. The van der Waals surface area contributed by atoms with Crippen LogP contribution in [0, 0.1) is 0 Å². The lowest BCUT2D eigenvalue weighted by Gasteiger charge is -2.14. The quantitative estimate of drug-likeness (QED) is 0.486. The minimum absolute atomic E-state index is 0.0418. The summed E-state index contributed by atoms with van der Waals surface area (Å²) in [5.74, 6) is -1.82. The van der Waals surface area contributed by atoms with Gasteiger partial charge in [0, 0.05) is 38.3 Å². The van der Waals surface area contributed by atoms with Crippen molar-refractivity contribution in [2.75, 3.05) is 6.54 Å². The molecule has 0 aliphatic carbocycles. The van der Waals surface area contributed by atoms with Gasteiger partial charge in [-0.3, -0.25) is 9.48 Å². The summed E-state index contributed by atoms with van der Waals surface area (Å²) in [5, 5.41) is 17.8. The molecular formula is C12H19N5O4. The molecule has 9 nitrogen and oxygen atoms in total. The molecule has 0 saturated heterocycles. The molecule has 0 spiro atoms. The Bertz CT molecular complexity index is 514. The highest BCUT2D eigenvalue weighted by atomic mass is 16.4. The van der Waals surface area contributed by atoms with Gasteiger partial charge in [-0.2, -0.15) is 5.10 Å². The monoisotopic (exact) mass is 297 g/mol. The molecule has 0 bridgehead atoms. The molecule has 1 atom stereocenters. The maximum absolute atomic E-state index is 11.6. The average molecular weight is 297 g/mol. The number of nitrogens with two attached hydrogens (primary N) is 1. The number of carbonyl (C=O) groups is 3. The van der Waals surface area contributed by atoms with Crippen molar-refractivity contribution in [3.8, 4) is 0 Å². The highest BCUT2D eigenvalue weighted by molar-refractivity contribution is 5.83. The van der Waals surface area contributed by atoms with Crippen LogP contribution in [-0.2, 0) is 23.1 Å². The van der Waals surface area contributed by atoms with Crippen LogP contribution in [0.3, 0.4) is 0 Å². The van der Waals surface area contributed by atoms with E-state index in [0.717, 1.165) is 5.69 Å². The first-order valence-corrected chi connectivity index (χ1v) is 6.42. The lowest BCUT2D eigenvalue weighted by Crippen LogP contribution is -2.46. The van der Waals surface area contributed by atoms with Gasteiger partial charge in [-0.05, 0) is 12.5 Å². The Labute approximate surface area is 121 Å². The third kappa shape index (κ3) is 5.93. The number of rotatable bonds is 8. The summed E-state index contributed by atoms with van der Waals surface area (Å²) in [5.41, 5.74) is 5.90. The molecule has 1 aromatic heterocycles. The molecule has 0 aromatic carbocycles. The fourth-order valence-electron chi connectivity index (χ4n) is 1.70. The summed E-state index contributed by atoms with van der Waals surface area (Å²) in [6, 6.07) is 0.0789. The molecule has 0 saturated carbocycles. The van der Waals surface area contributed by atoms with Crippen LogP contribution in [0.25, 0.3) is 0 Å². The first kappa shape index (κ1) is 16.5. The lowest BCUT2D eigenvalue weighted by molar-refractivity contribution is -0.139. The van der Waals surface area contributed by atoms with Crippen molar-refractivity contribution < 1.29 is 19.5 Å². The number of amides is 3. The Morgan fingerprint density at radius 3 is 2.71 bits per heavy atom. The van der Waals surface area contributed by atoms with Crippen LogP contribution in [0.15, 0.2) is 12.3 Å². The summed E-state index contributed by atoms with van der Waals surface area (Å²) in [6.07, 6.45) is 2.08. The number of primary amides is 1. The van der Waals surface area contributed by atoms with Gasteiger partial charge in [0.1, 0.15) is 6.04 Å². The van der Waals surface area contributed by atoms with E-state index in [1.165, 1.54) is 0 Å². The zero-order chi connectivity index (χ0) is 15.8. The molecular weight excluding hydrogens is 278 g/mol. The number of aliphatic carboxylic acids is 1. The van der Waals surface area contributed by atoms with E-state index in [-0.39, 0.29) is 12.8 Å². The molecule has 0 aliphatic rings. The molecule has 1 rings (SSSR count). The minimum atomic E-state index is -1.21. The van der Waals surface area contributed by atoms with Crippen molar-refractivity contribution in [1.82, 2.24) is 20.4 Å². The summed E-state index contributed by atoms with van der Waals surface area (Å²) in [4.78, 5) is 33.2. The van der Waals surface area contributed by atoms with Crippen LogP contribution < -0.4 is 16.4 Å². The molecule has 5 N–H and O–H groups in total. The summed E-state index contributed by atoms with van der Waals surface area (Å²) < 4.78 is 1.69. The zero-order valence-corrected chi connectivity index (χ0v) is 11.7. The Balaban J connectivity index is 2.34. The van der Waals surface area contributed by atoms with E-state index in [1.807, 2.05) is 6.07 Å². The summed E-state index contributed by atoms with van der Waals surface area (Å²) >= 11 is 0. The van der Waals surface area contributed by atoms with Crippen molar-refractivity contribution in [3.63, 3.8) is 0 Å². The molecule has 1 heterocycles. The number of carboxylic acid groups (broad SMARTS) is 1. The smallest absolute Gasteiger partial charge is 0.326 e. The third-order valence-electron chi connectivity index (χ3n) is 2.87. The van der Waals surface area contributed by atoms with Gasteiger partial charge in [-0.15, -0.1) is 0 Å². The SMILES string of the molecule is Cn1nccc1CCNC(=O)N[C@@H](CCC(N)=O)C(=O)O. The van der Waals surface area contributed by atoms with Gasteiger partial charge in [0.2, 0.25) is 5.91 Å². The van der Waals surface area contributed by atoms with Crippen LogP contribution in [0.1, 0.15) is 18.5 Å². The van der Waals surface area contributed by atoms with Crippen molar-refractivity contribution in [3.05, 3.63) is 18.0 Å². The molecule has 116 valence electrons. The van der Waals surface area contributed by atoms with Gasteiger partial charge >= 0.3 is 12.0 Å². The summed E-state index contributed by atoms with van der Waals surface area (Å²) in [6.45, 7) is 0.341. The first-order chi connectivity index (χ1) is 9.90. The molecule has 0 aliphatic heterocycles. The van der Waals surface area contributed by atoms with Crippen LogP contribution >= 0.6 is 0 Å². The second-order valence-electron chi connectivity index (χ2n) is 4.49. The molecule has 3 amide bonds. The van der Waals surface area contributed by atoms with Crippen LogP contribution in [0.4, 0.5) is 4.79 Å². The number of carboxylic acids is 1. The van der Waals surface area contributed by atoms with Crippen LogP contribution in [0.2, 0.25) is 0 Å². The maximum Gasteiger partial charge on any atom is 0.326 e. The van der Waals surface area contributed by atoms with Crippen LogP contribution in [-0.4, -0.2) is 45.4 Å². The van der Waals surface area contributed by atoms with Gasteiger partial charge in [0.25, 0.3) is 0 Å². The number of hydrogen-bond acceptors (Lipinski definition) is 4. The predicted octanol–water partition coefficient (Wildman–Crippen LogP) is -1.02. The Morgan fingerprint density at radius 2 is 2.19 bits per heavy atom. The van der Waals surface area contributed by atoms with Gasteiger partial charge < -0.3 is 21.5 Å². The number of carbonyl (C=O) groups excluding carboxylic acids is 2. The van der Waals surface area contributed by atoms with Crippen LogP contribution in [0.5, 0.6) is 0 Å². The zero-order valence-electron chi connectivity index (χ0n) is 11.7. The molecule has 9 heteroatoms. The van der Waals surface area contributed by atoms with Gasteiger partial charge in [0.05, 0.1) is 0 Å². The number of aromatic nitrogens is 2. The number of aryl methyl sites for hydroxylation is 1. The molecule has 0 unspecified atom stereocenters. The Morgan fingerprint density at radius 1 is 1.48 bits per heavy atom. The molecule has 0 radical (unpaired) electrons. The van der Waals surface area contributed by atoms with E-state index in [9.17, 15) is 14.4 Å². The second kappa shape index (κ2) is 7.88. The average Bonchev–Trinajstić information content (AvgIpc) is 2.79. The Kier molecular flexibility index (Phi) is 6.18. The lowest BCUT2D eigenvalue weighted by atomic mass is 10.1. The highest BCUT2D eigenvalue weighted by Gasteiger charge is 2.20. The van der Waals surface area contributed by atoms with Gasteiger partial charge in [-0.25, -0.2) is 9.59 Å². The highest BCUT2D eigenvalue weighted by Crippen LogP contribution is 1.98. The number of urea groups is 1. The standard InChI is InChI=1S/C12H19N5O4/c1-17-8(5-7-15-17)4-6-14-12(21)16-9(11(19)20)2-3-10(13)18/h5,7,9H,2-4,6H2,1H3,(H2,13,18)(H,19,20)(H2,14,16,21)/t9-/m0/s1. The summed E-state index contributed by atoms with van der Waals surface area (Å²) in [7, 11) is 1.79. The van der Waals surface area contributed by atoms with E-state index in [2.05, 4.69) is 15.7 Å². The largest absolute Gasteiger partial charge is 0.480 e. The number of nitrogens with one attached hydrogen (secondary N) is 2. The maximum atomic E-state index is 11.6. The fourth-order valence-corrected chi connectivity index (χ4v) is 1.70. The second-order valence-corrected chi connectivity index (χ2v) is 4.49. The Hall–Kier alpha value is -2.58. The first-order valence-electron chi connectivity index (χ1n) is 6.42.